The molecule has 1 N–H and O–H groups in total. The maximum absolute atomic E-state index is 12.6. The predicted octanol–water partition coefficient (Wildman–Crippen LogP) is 2.06. The average molecular weight is 416 g/mol. The van der Waals surface area contributed by atoms with Gasteiger partial charge in [-0.1, -0.05) is 19.1 Å². The van der Waals surface area contributed by atoms with Crippen LogP contribution in [-0.2, 0) is 23.9 Å². The second-order valence-corrected chi connectivity index (χ2v) is 7.86. The second-order valence-electron chi connectivity index (χ2n) is 7.86. The van der Waals surface area contributed by atoms with Crippen LogP contribution in [-0.4, -0.2) is 50.5 Å². The zero-order valence-electron chi connectivity index (χ0n) is 17.7. The van der Waals surface area contributed by atoms with Crippen LogP contribution in [0.3, 0.4) is 0 Å². The highest BCUT2D eigenvalue weighted by molar-refractivity contribution is 6.08. The Morgan fingerprint density at radius 3 is 2.33 bits per heavy atom. The number of allylic oxidation sites excluding steroid dienone is 2. The van der Waals surface area contributed by atoms with Crippen molar-refractivity contribution in [3.05, 3.63) is 24.4 Å². The Balaban J connectivity index is 1.61. The highest BCUT2D eigenvalue weighted by Gasteiger charge is 2.50. The summed E-state index contributed by atoms with van der Waals surface area (Å²) in [6.45, 7) is 6.88. The number of anilines is 1. The van der Waals surface area contributed by atoms with Gasteiger partial charge >= 0.3 is 5.97 Å². The quantitative estimate of drug-likeness (QED) is 0.414. The van der Waals surface area contributed by atoms with Crippen molar-refractivity contribution >= 4 is 29.5 Å². The Morgan fingerprint density at radius 2 is 1.77 bits per heavy atom. The third-order valence-electron chi connectivity index (χ3n) is 5.86. The van der Waals surface area contributed by atoms with E-state index in [-0.39, 0.29) is 17.9 Å². The summed E-state index contributed by atoms with van der Waals surface area (Å²) in [5.74, 6) is -2.34. The number of hydrogen-bond acceptors (Lipinski definition) is 6. The molecule has 0 spiro atoms. The molecule has 5 atom stereocenters. The smallest absolute Gasteiger partial charge is 0.329 e. The minimum atomic E-state index is -1.10. The van der Waals surface area contributed by atoms with Gasteiger partial charge in [0.2, 0.25) is 11.8 Å². The van der Waals surface area contributed by atoms with Crippen LogP contribution < -0.4 is 5.32 Å². The van der Waals surface area contributed by atoms with Crippen LogP contribution in [0.2, 0.25) is 0 Å². The van der Waals surface area contributed by atoms with Crippen molar-refractivity contribution in [3.8, 4) is 0 Å². The maximum Gasteiger partial charge on any atom is 0.329 e. The molecule has 0 bridgehead atoms. The highest BCUT2D eigenvalue weighted by Crippen LogP contribution is 2.36. The number of aromatic nitrogens is 2. The van der Waals surface area contributed by atoms with Crippen molar-refractivity contribution in [2.45, 2.75) is 65.1 Å². The standard InChI is InChI=1S/C21H28N4O5/c1-5-12(2)25-17(10-11-22-25)23-18(26)14(4)30-21(29)13(3)24-19(27)15-8-6-7-9-16(15)20(24)28/h6-7,10-16H,5,8-9H2,1-4H3,(H,23,26)/t12-,13+,14-,15-,16+/m0/s1. The van der Waals surface area contributed by atoms with E-state index in [1.54, 1.807) is 16.9 Å². The van der Waals surface area contributed by atoms with E-state index >= 15 is 0 Å². The molecule has 0 radical (unpaired) electrons. The summed E-state index contributed by atoms with van der Waals surface area (Å²) in [6, 6.07) is 0.674. The van der Waals surface area contributed by atoms with Crippen LogP contribution in [0.1, 0.15) is 53.0 Å². The van der Waals surface area contributed by atoms with Crippen molar-refractivity contribution in [1.29, 1.82) is 0 Å². The number of likely N-dealkylation sites (tertiary alicyclic amines) is 1. The third-order valence-corrected chi connectivity index (χ3v) is 5.86. The lowest BCUT2D eigenvalue weighted by Crippen LogP contribution is -2.46. The molecule has 2 aliphatic rings. The van der Waals surface area contributed by atoms with Gasteiger partial charge in [0, 0.05) is 6.07 Å². The number of fused-ring (bicyclic) bond motifs is 1. The molecule has 1 aromatic rings. The number of carbonyl (C=O) groups excluding carboxylic acids is 4. The van der Waals surface area contributed by atoms with Crippen LogP contribution in [0.5, 0.6) is 0 Å². The van der Waals surface area contributed by atoms with Crippen LogP contribution in [0, 0.1) is 11.8 Å². The first kappa shape index (κ1) is 21.7. The highest BCUT2D eigenvalue weighted by atomic mass is 16.5. The molecular weight excluding hydrogens is 388 g/mol. The zero-order chi connectivity index (χ0) is 22.0. The van der Waals surface area contributed by atoms with E-state index in [9.17, 15) is 19.2 Å². The van der Waals surface area contributed by atoms with Crippen molar-refractivity contribution in [2.24, 2.45) is 11.8 Å². The van der Waals surface area contributed by atoms with Crippen molar-refractivity contribution < 1.29 is 23.9 Å². The third kappa shape index (κ3) is 4.01. The number of imide groups is 1. The van der Waals surface area contributed by atoms with Crippen molar-refractivity contribution in [3.63, 3.8) is 0 Å². The molecule has 0 saturated carbocycles. The summed E-state index contributed by atoms with van der Waals surface area (Å²) in [4.78, 5) is 51.3. The Hall–Kier alpha value is -2.97. The fraction of sp³-hybridized carbons (Fsp3) is 0.571. The molecule has 162 valence electrons. The molecule has 30 heavy (non-hydrogen) atoms. The average Bonchev–Trinajstić information content (AvgIpc) is 3.29. The molecule has 0 aromatic carbocycles. The Kier molecular flexibility index (Phi) is 6.38. The lowest BCUT2D eigenvalue weighted by molar-refractivity contribution is -0.163. The predicted molar refractivity (Wildman–Crippen MR) is 108 cm³/mol. The lowest BCUT2D eigenvalue weighted by Gasteiger charge is -2.23. The number of nitrogens with zero attached hydrogens (tertiary/aromatic N) is 3. The summed E-state index contributed by atoms with van der Waals surface area (Å²) in [5, 5.41) is 6.91. The second kappa shape index (κ2) is 8.81. The fourth-order valence-corrected chi connectivity index (χ4v) is 3.80. The molecule has 9 nitrogen and oxygen atoms in total. The van der Waals surface area contributed by atoms with Gasteiger partial charge in [-0.05, 0) is 40.0 Å². The van der Waals surface area contributed by atoms with E-state index in [1.807, 2.05) is 26.0 Å². The van der Waals surface area contributed by atoms with E-state index in [2.05, 4.69) is 10.4 Å². The van der Waals surface area contributed by atoms with Gasteiger partial charge in [0.25, 0.3) is 5.91 Å². The summed E-state index contributed by atoms with van der Waals surface area (Å²) in [6.07, 6.45) is 6.08. The number of nitrogens with one attached hydrogen (secondary N) is 1. The molecule has 3 amide bonds. The first-order valence-electron chi connectivity index (χ1n) is 10.3. The Bertz CT molecular complexity index is 851. The molecule has 1 saturated heterocycles. The summed E-state index contributed by atoms with van der Waals surface area (Å²) < 4.78 is 6.96. The molecule has 1 aliphatic heterocycles. The van der Waals surface area contributed by atoms with Crippen LogP contribution >= 0.6 is 0 Å². The van der Waals surface area contributed by atoms with E-state index < -0.39 is 35.9 Å². The molecule has 9 heteroatoms. The van der Waals surface area contributed by atoms with E-state index in [1.165, 1.54) is 13.8 Å². The van der Waals surface area contributed by atoms with Crippen molar-refractivity contribution in [2.75, 3.05) is 5.32 Å². The Labute approximate surface area is 175 Å². The van der Waals surface area contributed by atoms with Gasteiger partial charge in [-0.25, -0.2) is 9.48 Å². The maximum atomic E-state index is 12.6. The van der Waals surface area contributed by atoms with Gasteiger partial charge in [-0.3, -0.25) is 19.3 Å². The number of hydrogen-bond donors (Lipinski definition) is 1. The zero-order valence-corrected chi connectivity index (χ0v) is 17.7. The Morgan fingerprint density at radius 1 is 1.17 bits per heavy atom. The normalized spacial score (nSPS) is 23.7. The monoisotopic (exact) mass is 416 g/mol. The molecule has 2 heterocycles. The summed E-state index contributed by atoms with van der Waals surface area (Å²) in [7, 11) is 0. The van der Waals surface area contributed by atoms with Gasteiger partial charge in [0.1, 0.15) is 11.9 Å². The van der Waals surface area contributed by atoms with Crippen molar-refractivity contribution in [1.82, 2.24) is 14.7 Å². The van der Waals surface area contributed by atoms with Crippen LogP contribution in [0.4, 0.5) is 5.82 Å². The minimum Gasteiger partial charge on any atom is -0.451 e. The molecule has 3 rings (SSSR count). The fourth-order valence-electron chi connectivity index (χ4n) is 3.80. The number of ether oxygens (including phenoxy) is 1. The van der Waals surface area contributed by atoms with Gasteiger partial charge in [0.05, 0.1) is 24.1 Å². The topological polar surface area (TPSA) is 111 Å². The molecule has 0 unspecified atom stereocenters. The molecule has 1 aromatic heterocycles. The first-order chi connectivity index (χ1) is 14.3. The van der Waals surface area contributed by atoms with Gasteiger partial charge < -0.3 is 10.1 Å². The largest absolute Gasteiger partial charge is 0.451 e. The molecule has 1 fully saturated rings. The number of esters is 1. The number of rotatable bonds is 7. The van der Waals surface area contributed by atoms with Crippen LogP contribution in [0.25, 0.3) is 0 Å². The van der Waals surface area contributed by atoms with Gasteiger partial charge in [0.15, 0.2) is 6.10 Å². The number of amides is 3. The van der Waals surface area contributed by atoms with E-state index in [4.69, 9.17) is 4.74 Å². The van der Waals surface area contributed by atoms with E-state index in [0.29, 0.717) is 18.7 Å². The lowest BCUT2D eigenvalue weighted by atomic mass is 9.85. The minimum absolute atomic E-state index is 0.0957. The van der Waals surface area contributed by atoms with Crippen LogP contribution in [0.15, 0.2) is 24.4 Å². The van der Waals surface area contributed by atoms with Gasteiger partial charge in [-0.15, -0.1) is 0 Å². The molecular formula is C21H28N4O5. The van der Waals surface area contributed by atoms with Gasteiger partial charge in [-0.2, -0.15) is 5.10 Å². The molecule has 1 aliphatic carbocycles. The summed E-state index contributed by atoms with van der Waals surface area (Å²) in [5.41, 5.74) is 0. The van der Waals surface area contributed by atoms with E-state index in [0.717, 1.165) is 11.3 Å². The SMILES string of the molecule is CC[C@H](C)n1nccc1NC(=O)[C@H](C)OC(=O)[C@@H](C)N1C(=O)[C@H]2CC=CC[C@H]2C1=O. The first-order valence-corrected chi connectivity index (χ1v) is 10.3. The summed E-state index contributed by atoms with van der Waals surface area (Å²) >= 11 is 0. The number of carbonyl (C=O) groups is 4.